The van der Waals surface area contributed by atoms with E-state index in [2.05, 4.69) is 0 Å². The molecule has 0 spiro atoms. The fraction of sp³-hybridized carbons (Fsp3) is 0.292. The van der Waals surface area contributed by atoms with Gasteiger partial charge in [-0.15, -0.1) is 11.3 Å². The van der Waals surface area contributed by atoms with E-state index >= 15 is 0 Å². The maximum atomic E-state index is 13.5. The van der Waals surface area contributed by atoms with Crippen molar-refractivity contribution in [2.24, 2.45) is 0 Å². The Labute approximate surface area is 209 Å². The lowest BCUT2D eigenvalue weighted by Gasteiger charge is -2.29. The maximum absolute atomic E-state index is 13.5. The first-order valence-electron chi connectivity index (χ1n) is 10.4. The number of thiophene rings is 1. The molecule has 0 unspecified atom stereocenters. The summed E-state index contributed by atoms with van der Waals surface area (Å²) >= 11 is 13.8. The molecule has 1 amide bonds. The van der Waals surface area contributed by atoms with Crippen LogP contribution >= 0.6 is 34.5 Å². The number of carbonyl (C=O) groups is 1. The molecule has 9 heteroatoms. The van der Waals surface area contributed by atoms with Gasteiger partial charge in [0.15, 0.2) is 0 Å². The van der Waals surface area contributed by atoms with E-state index in [0.29, 0.717) is 13.1 Å². The second-order valence-electron chi connectivity index (χ2n) is 7.97. The van der Waals surface area contributed by atoms with Crippen LogP contribution in [0.5, 0.6) is 0 Å². The fourth-order valence-electron chi connectivity index (χ4n) is 3.37. The number of hydrogen-bond donors (Lipinski definition) is 0. The number of rotatable bonds is 9. The third-order valence-electron chi connectivity index (χ3n) is 5.06. The number of sulfonamides is 1. The molecule has 0 N–H and O–H groups in total. The standard InChI is InChI=1S/C24H26Cl2N2O3S2/c1-17(2)28(33(30,31)23-13-20(25)10-12-22(23)26)16-24(29)27(14-19-7-5-4-6-8-19)15-21-11-9-18(3)32-21/h4-13,17H,14-16H2,1-3H3. The number of carbonyl (C=O) groups excluding carboxylic acids is 1. The van der Waals surface area contributed by atoms with Crippen LogP contribution in [0.4, 0.5) is 0 Å². The molecule has 0 saturated carbocycles. The molecule has 3 rings (SSSR count). The van der Waals surface area contributed by atoms with E-state index in [1.54, 1.807) is 30.1 Å². The quantitative estimate of drug-likeness (QED) is 0.345. The summed E-state index contributed by atoms with van der Waals surface area (Å²) in [6.07, 6.45) is 0. The first kappa shape index (κ1) is 25.7. The number of amides is 1. The molecule has 0 saturated heterocycles. The van der Waals surface area contributed by atoms with Crippen molar-refractivity contribution < 1.29 is 13.2 Å². The molecule has 1 heterocycles. The van der Waals surface area contributed by atoms with Crippen LogP contribution in [-0.2, 0) is 27.9 Å². The SMILES string of the molecule is Cc1ccc(CN(Cc2ccccc2)C(=O)CN(C(C)C)S(=O)(=O)c2cc(Cl)ccc2Cl)s1. The van der Waals surface area contributed by atoms with Crippen LogP contribution < -0.4 is 0 Å². The van der Waals surface area contributed by atoms with Crippen LogP contribution in [0.2, 0.25) is 10.0 Å². The Morgan fingerprint density at radius 1 is 1.00 bits per heavy atom. The van der Waals surface area contributed by atoms with Crippen molar-refractivity contribution in [1.82, 2.24) is 9.21 Å². The number of benzene rings is 2. The van der Waals surface area contributed by atoms with Gasteiger partial charge in [-0.1, -0.05) is 53.5 Å². The Hall–Kier alpha value is -1.90. The average molecular weight is 526 g/mol. The Balaban J connectivity index is 1.90. The predicted octanol–water partition coefficient (Wildman–Crippen LogP) is 5.99. The monoisotopic (exact) mass is 524 g/mol. The van der Waals surface area contributed by atoms with Gasteiger partial charge in [-0.3, -0.25) is 4.79 Å². The van der Waals surface area contributed by atoms with Crippen LogP contribution in [0.15, 0.2) is 65.6 Å². The number of aryl methyl sites for hydroxylation is 1. The molecule has 1 aromatic heterocycles. The van der Waals surface area contributed by atoms with E-state index in [0.717, 1.165) is 15.3 Å². The lowest BCUT2D eigenvalue weighted by molar-refractivity contribution is -0.132. The summed E-state index contributed by atoms with van der Waals surface area (Å²) < 4.78 is 28.0. The highest BCUT2D eigenvalue weighted by Gasteiger charge is 2.32. The van der Waals surface area contributed by atoms with Gasteiger partial charge in [-0.05, 0) is 56.7 Å². The highest BCUT2D eigenvalue weighted by Crippen LogP contribution is 2.29. The van der Waals surface area contributed by atoms with Gasteiger partial charge in [0.2, 0.25) is 15.9 Å². The molecule has 176 valence electrons. The first-order valence-corrected chi connectivity index (χ1v) is 13.4. The zero-order valence-electron chi connectivity index (χ0n) is 18.7. The zero-order valence-corrected chi connectivity index (χ0v) is 21.8. The largest absolute Gasteiger partial charge is 0.332 e. The van der Waals surface area contributed by atoms with Crippen LogP contribution in [0.3, 0.4) is 0 Å². The normalized spacial score (nSPS) is 11.8. The van der Waals surface area contributed by atoms with Crippen molar-refractivity contribution >= 4 is 50.5 Å². The summed E-state index contributed by atoms with van der Waals surface area (Å²) in [7, 11) is -4.05. The van der Waals surface area contributed by atoms with Crippen molar-refractivity contribution in [2.75, 3.05) is 6.54 Å². The third kappa shape index (κ3) is 6.58. The topological polar surface area (TPSA) is 57.7 Å². The van der Waals surface area contributed by atoms with E-state index in [1.807, 2.05) is 49.4 Å². The lowest BCUT2D eigenvalue weighted by atomic mass is 10.2. The predicted molar refractivity (Wildman–Crippen MR) is 135 cm³/mol. The van der Waals surface area contributed by atoms with Crippen molar-refractivity contribution in [3.63, 3.8) is 0 Å². The molecule has 2 aromatic carbocycles. The van der Waals surface area contributed by atoms with E-state index in [9.17, 15) is 13.2 Å². The number of hydrogen-bond acceptors (Lipinski definition) is 4. The summed E-state index contributed by atoms with van der Waals surface area (Å²) in [6.45, 7) is 5.94. The molecular weight excluding hydrogens is 499 g/mol. The fourth-order valence-corrected chi connectivity index (χ4v) is 6.61. The Morgan fingerprint density at radius 3 is 2.30 bits per heavy atom. The van der Waals surface area contributed by atoms with Crippen molar-refractivity contribution in [1.29, 1.82) is 0 Å². The second kappa shape index (κ2) is 11.0. The average Bonchev–Trinajstić information content (AvgIpc) is 3.18. The summed E-state index contributed by atoms with van der Waals surface area (Å²) in [6, 6.07) is 17.5. The highest BCUT2D eigenvalue weighted by molar-refractivity contribution is 7.89. The smallest absolute Gasteiger partial charge is 0.245 e. The Morgan fingerprint density at radius 2 is 1.70 bits per heavy atom. The summed E-state index contributed by atoms with van der Waals surface area (Å²) in [5.74, 6) is -0.291. The molecule has 0 aliphatic rings. The van der Waals surface area contributed by atoms with Crippen LogP contribution in [0.25, 0.3) is 0 Å². The minimum Gasteiger partial charge on any atom is -0.332 e. The van der Waals surface area contributed by atoms with Crippen LogP contribution in [-0.4, -0.2) is 36.1 Å². The molecule has 3 aromatic rings. The van der Waals surface area contributed by atoms with Gasteiger partial charge in [0.25, 0.3) is 0 Å². The zero-order chi connectivity index (χ0) is 24.2. The minimum atomic E-state index is -4.05. The highest BCUT2D eigenvalue weighted by atomic mass is 35.5. The van der Waals surface area contributed by atoms with Crippen LogP contribution in [0.1, 0.15) is 29.2 Å². The molecule has 0 bridgehead atoms. The van der Waals surface area contributed by atoms with Crippen molar-refractivity contribution in [3.8, 4) is 0 Å². The van der Waals surface area contributed by atoms with E-state index < -0.39 is 16.1 Å². The van der Waals surface area contributed by atoms with Gasteiger partial charge in [-0.25, -0.2) is 8.42 Å². The molecule has 0 radical (unpaired) electrons. The molecule has 33 heavy (non-hydrogen) atoms. The third-order valence-corrected chi connectivity index (χ3v) is 8.78. The summed E-state index contributed by atoms with van der Waals surface area (Å²) in [5, 5.41) is 0.319. The Kier molecular flexibility index (Phi) is 8.59. The van der Waals surface area contributed by atoms with Gasteiger partial charge in [0, 0.05) is 27.4 Å². The minimum absolute atomic E-state index is 0.0627. The van der Waals surface area contributed by atoms with Gasteiger partial charge in [0.05, 0.1) is 18.1 Å². The van der Waals surface area contributed by atoms with E-state index in [-0.39, 0.29) is 27.4 Å². The van der Waals surface area contributed by atoms with E-state index in [1.165, 1.54) is 22.5 Å². The van der Waals surface area contributed by atoms with Gasteiger partial charge >= 0.3 is 0 Å². The molecule has 0 aliphatic heterocycles. The first-order chi connectivity index (χ1) is 15.6. The Bertz CT molecular complexity index is 1210. The van der Waals surface area contributed by atoms with Crippen molar-refractivity contribution in [3.05, 3.63) is 86.0 Å². The molecule has 0 aliphatic carbocycles. The van der Waals surface area contributed by atoms with E-state index in [4.69, 9.17) is 23.2 Å². The van der Waals surface area contributed by atoms with Crippen molar-refractivity contribution in [2.45, 2.75) is 44.8 Å². The second-order valence-corrected chi connectivity index (χ2v) is 12.0. The van der Waals surface area contributed by atoms with Crippen LogP contribution in [0, 0.1) is 6.92 Å². The molecular formula is C24H26Cl2N2O3S2. The molecule has 5 nitrogen and oxygen atoms in total. The molecule has 0 fully saturated rings. The van der Waals surface area contributed by atoms with Gasteiger partial charge < -0.3 is 4.90 Å². The number of halogens is 2. The molecule has 0 atom stereocenters. The van der Waals surface area contributed by atoms with Gasteiger partial charge in [0.1, 0.15) is 4.90 Å². The maximum Gasteiger partial charge on any atom is 0.245 e. The summed E-state index contributed by atoms with van der Waals surface area (Å²) in [5.41, 5.74) is 0.968. The lowest BCUT2D eigenvalue weighted by Crippen LogP contribution is -2.45. The summed E-state index contributed by atoms with van der Waals surface area (Å²) in [4.78, 5) is 17.2. The number of nitrogens with zero attached hydrogens (tertiary/aromatic N) is 2. The van der Waals surface area contributed by atoms with Gasteiger partial charge in [-0.2, -0.15) is 4.31 Å².